The fourth-order valence-electron chi connectivity index (χ4n) is 2.47. The number of anilines is 1. The highest BCUT2D eigenvalue weighted by Gasteiger charge is 2.17. The van der Waals surface area contributed by atoms with Crippen molar-refractivity contribution in [2.24, 2.45) is 0 Å². The Morgan fingerprint density at radius 2 is 1.80 bits per heavy atom. The van der Waals surface area contributed by atoms with E-state index in [4.69, 9.17) is 11.6 Å². The quantitative estimate of drug-likeness (QED) is 0.784. The van der Waals surface area contributed by atoms with E-state index in [1.807, 2.05) is 23.5 Å². The Labute approximate surface area is 137 Å². The molecular formula is C15H16BrClN2S. The van der Waals surface area contributed by atoms with Gasteiger partial charge in [0.25, 0.3) is 0 Å². The van der Waals surface area contributed by atoms with E-state index in [-0.39, 0.29) is 0 Å². The highest BCUT2D eigenvalue weighted by Crippen LogP contribution is 2.23. The summed E-state index contributed by atoms with van der Waals surface area (Å²) < 4.78 is 1.19. The molecule has 3 rings (SSSR count). The first-order valence-corrected chi connectivity index (χ1v) is 8.71. The molecule has 0 bridgehead atoms. The van der Waals surface area contributed by atoms with Crippen LogP contribution in [0.25, 0.3) is 0 Å². The van der Waals surface area contributed by atoms with Gasteiger partial charge < -0.3 is 4.90 Å². The fourth-order valence-corrected chi connectivity index (χ4v) is 4.09. The maximum atomic E-state index is 5.94. The average molecular weight is 372 g/mol. The second-order valence-electron chi connectivity index (χ2n) is 4.97. The smallest absolute Gasteiger partial charge is 0.0407 e. The van der Waals surface area contributed by atoms with Crippen molar-refractivity contribution in [2.45, 2.75) is 6.54 Å². The van der Waals surface area contributed by atoms with Crippen LogP contribution in [0.15, 0.2) is 40.2 Å². The lowest BCUT2D eigenvalue weighted by Crippen LogP contribution is -2.45. The molecule has 2 aromatic rings. The Kier molecular flexibility index (Phi) is 4.66. The second-order valence-corrected chi connectivity index (χ2v) is 7.32. The van der Waals surface area contributed by atoms with E-state index in [1.54, 1.807) is 0 Å². The van der Waals surface area contributed by atoms with Gasteiger partial charge in [-0.15, -0.1) is 11.3 Å². The summed E-state index contributed by atoms with van der Waals surface area (Å²) in [6.45, 7) is 5.43. The molecule has 1 aromatic heterocycles. The SMILES string of the molecule is Clc1ccc(N2CCN(Cc3cc(Br)cs3)CC2)cc1. The van der Waals surface area contributed by atoms with Gasteiger partial charge in [-0.3, -0.25) is 4.90 Å². The molecule has 0 atom stereocenters. The molecule has 106 valence electrons. The molecule has 1 saturated heterocycles. The van der Waals surface area contributed by atoms with E-state index in [0.717, 1.165) is 37.7 Å². The number of benzene rings is 1. The normalized spacial score (nSPS) is 16.6. The van der Waals surface area contributed by atoms with Crippen LogP contribution in [0.3, 0.4) is 0 Å². The van der Waals surface area contributed by atoms with Gasteiger partial charge in [-0.25, -0.2) is 0 Å². The molecular weight excluding hydrogens is 356 g/mol. The molecule has 1 aromatic carbocycles. The average Bonchev–Trinajstić information content (AvgIpc) is 2.86. The van der Waals surface area contributed by atoms with Crippen molar-refractivity contribution < 1.29 is 0 Å². The Morgan fingerprint density at radius 3 is 2.40 bits per heavy atom. The molecule has 0 spiro atoms. The van der Waals surface area contributed by atoms with Crippen LogP contribution < -0.4 is 4.90 Å². The van der Waals surface area contributed by atoms with Gasteiger partial charge in [-0.1, -0.05) is 11.6 Å². The summed E-state index contributed by atoms with van der Waals surface area (Å²) in [5, 5.41) is 2.95. The van der Waals surface area contributed by atoms with Crippen molar-refractivity contribution in [3.8, 4) is 0 Å². The van der Waals surface area contributed by atoms with Crippen molar-refractivity contribution >= 4 is 44.6 Å². The number of halogens is 2. The van der Waals surface area contributed by atoms with Gasteiger partial charge in [0.15, 0.2) is 0 Å². The van der Waals surface area contributed by atoms with Gasteiger partial charge >= 0.3 is 0 Å². The minimum Gasteiger partial charge on any atom is -0.369 e. The number of thiophene rings is 1. The van der Waals surface area contributed by atoms with E-state index in [0.29, 0.717) is 0 Å². The summed E-state index contributed by atoms with van der Waals surface area (Å²) in [5.41, 5.74) is 1.27. The standard InChI is InChI=1S/C15H16BrClN2S/c16-12-9-15(20-11-12)10-18-5-7-19(8-6-18)14-3-1-13(17)2-4-14/h1-4,9,11H,5-8,10H2. The largest absolute Gasteiger partial charge is 0.369 e. The zero-order chi connectivity index (χ0) is 13.9. The van der Waals surface area contributed by atoms with Crippen molar-refractivity contribution in [3.63, 3.8) is 0 Å². The zero-order valence-corrected chi connectivity index (χ0v) is 14.2. The summed E-state index contributed by atoms with van der Waals surface area (Å²) >= 11 is 11.3. The second kappa shape index (κ2) is 6.48. The number of rotatable bonds is 3. The summed E-state index contributed by atoms with van der Waals surface area (Å²) in [5.74, 6) is 0. The van der Waals surface area contributed by atoms with Gasteiger partial charge in [0.05, 0.1) is 0 Å². The molecule has 1 aliphatic rings. The lowest BCUT2D eigenvalue weighted by molar-refractivity contribution is 0.252. The van der Waals surface area contributed by atoms with E-state index in [1.165, 1.54) is 15.0 Å². The Hall–Kier alpha value is -0.550. The first-order valence-electron chi connectivity index (χ1n) is 6.66. The molecule has 0 unspecified atom stereocenters. The minimum absolute atomic E-state index is 0.802. The van der Waals surface area contributed by atoms with E-state index < -0.39 is 0 Å². The first kappa shape index (κ1) is 14.4. The Balaban J connectivity index is 1.55. The molecule has 1 fully saturated rings. The van der Waals surface area contributed by atoms with Crippen LogP contribution in [0.1, 0.15) is 4.88 Å². The fraction of sp³-hybridized carbons (Fsp3) is 0.333. The first-order chi connectivity index (χ1) is 9.70. The number of hydrogen-bond acceptors (Lipinski definition) is 3. The number of hydrogen-bond donors (Lipinski definition) is 0. The summed E-state index contributed by atoms with van der Waals surface area (Å²) in [6.07, 6.45) is 0. The molecule has 0 N–H and O–H groups in total. The molecule has 20 heavy (non-hydrogen) atoms. The van der Waals surface area contributed by atoms with Crippen LogP contribution in [0.4, 0.5) is 5.69 Å². The lowest BCUT2D eigenvalue weighted by atomic mass is 10.2. The van der Waals surface area contributed by atoms with E-state index in [2.05, 4.69) is 49.3 Å². The van der Waals surface area contributed by atoms with Crippen LogP contribution >= 0.6 is 38.9 Å². The van der Waals surface area contributed by atoms with Crippen LogP contribution in [-0.4, -0.2) is 31.1 Å². The Bertz CT molecular complexity index is 562. The van der Waals surface area contributed by atoms with Crippen molar-refractivity contribution in [3.05, 3.63) is 50.1 Å². The van der Waals surface area contributed by atoms with Crippen molar-refractivity contribution in [2.75, 3.05) is 31.1 Å². The molecule has 0 radical (unpaired) electrons. The van der Waals surface area contributed by atoms with E-state index in [9.17, 15) is 0 Å². The molecule has 5 heteroatoms. The number of piperazine rings is 1. The molecule has 0 amide bonds. The maximum absolute atomic E-state index is 5.94. The van der Waals surface area contributed by atoms with Crippen LogP contribution in [0, 0.1) is 0 Å². The van der Waals surface area contributed by atoms with Gasteiger partial charge in [-0.2, -0.15) is 0 Å². The third-order valence-electron chi connectivity index (χ3n) is 3.57. The van der Waals surface area contributed by atoms with Crippen LogP contribution in [-0.2, 0) is 6.54 Å². The predicted molar refractivity (Wildman–Crippen MR) is 91.0 cm³/mol. The molecule has 2 heterocycles. The highest BCUT2D eigenvalue weighted by molar-refractivity contribution is 9.10. The minimum atomic E-state index is 0.802. The third-order valence-corrected chi connectivity index (χ3v) is 5.50. The molecule has 1 aliphatic heterocycles. The summed E-state index contributed by atoms with van der Waals surface area (Å²) in [4.78, 5) is 6.37. The molecule has 2 nitrogen and oxygen atoms in total. The topological polar surface area (TPSA) is 6.48 Å². The van der Waals surface area contributed by atoms with E-state index >= 15 is 0 Å². The van der Waals surface area contributed by atoms with Gasteiger partial charge in [0.2, 0.25) is 0 Å². The van der Waals surface area contributed by atoms with Gasteiger partial charge in [0.1, 0.15) is 0 Å². The predicted octanol–water partition coefficient (Wildman–Crippen LogP) is 4.49. The van der Waals surface area contributed by atoms with Crippen LogP contribution in [0.2, 0.25) is 5.02 Å². The molecule has 0 aliphatic carbocycles. The van der Waals surface area contributed by atoms with Crippen molar-refractivity contribution in [1.29, 1.82) is 0 Å². The lowest BCUT2D eigenvalue weighted by Gasteiger charge is -2.35. The highest BCUT2D eigenvalue weighted by atomic mass is 79.9. The maximum Gasteiger partial charge on any atom is 0.0407 e. The number of nitrogens with zero attached hydrogens (tertiary/aromatic N) is 2. The Morgan fingerprint density at radius 1 is 1.10 bits per heavy atom. The molecule has 0 saturated carbocycles. The zero-order valence-electron chi connectivity index (χ0n) is 11.1. The summed E-state index contributed by atoms with van der Waals surface area (Å²) in [7, 11) is 0. The van der Waals surface area contributed by atoms with Crippen molar-refractivity contribution in [1.82, 2.24) is 4.90 Å². The van der Waals surface area contributed by atoms with Crippen LogP contribution in [0.5, 0.6) is 0 Å². The third kappa shape index (κ3) is 3.55. The monoisotopic (exact) mass is 370 g/mol. The summed E-state index contributed by atoms with van der Waals surface area (Å²) in [6, 6.07) is 10.4. The van der Waals surface area contributed by atoms with Gasteiger partial charge in [-0.05, 0) is 46.3 Å². The van der Waals surface area contributed by atoms with Gasteiger partial charge in [0, 0.05) is 58.2 Å².